The first-order chi connectivity index (χ1) is 10.3. The second-order valence-electron chi connectivity index (χ2n) is 8.75. The van der Waals surface area contributed by atoms with E-state index in [1.807, 2.05) is 6.08 Å². The van der Waals surface area contributed by atoms with Gasteiger partial charge in [-0.25, -0.2) is 0 Å². The molecule has 0 unspecified atom stereocenters. The lowest BCUT2D eigenvalue weighted by molar-refractivity contribution is -0.135. The van der Waals surface area contributed by atoms with Gasteiger partial charge in [0.15, 0.2) is 5.78 Å². The molecule has 0 heterocycles. The van der Waals surface area contributed by atoms with Crippen molar-refractivity contribution in [2.45, 2.75) is 59.3 Å². The van der Waals surface area contributed by atoms with Gasteiger partial charge in [0.2, 0.25) is 0 Å². The minimum Gasteiger partial charge on any atom is -0.396 e. The summed E-state index contributed by atoms with van der Waals surface area (Å²) >= 11 is 0. The van der Waals surface area contributed by atoms with Crippen LogP contribution in [0.15, 0.2) is 24.3 Å². The Bertz CT molecular complexity index is 534. The van der Waals surface area contributed by atoms with Crippen molar-refractivity contribution in [3.05, 3.63) is 24.3 Å². The zero-order valence-corrected chi connectivity index (χ0v) is 14.3. The summed E-state index contributed by atoms with van der Waals surface area (Å²) < 4.78 is 0. The predicted molar refractivity (Wildman–Crippen MR) is 89.4 cm³/mol. The Kier molecular flexibility index (Phi) is 3.67. The molecule has 1 N–H and O–H groups in total. The Labute approximate surface area is 134 Å². The highest BCUT2D eigenvalue weighted by molar-refractivity contribution is 5.97. The first-order valence-corrected chi connectivity index (χ1v) is 8.78. The predicted octanol–water partition coefficient (Wildman–Crippen LogP) is 4.29. The first kappa shape index (κ1) is 16.0. The van der Waals surface area contributed by atoms with Gasteiger partial charge >= 0.3 is 0 Å². The van der Waals surface area contributed by atoms with E-state index in [1.165, 1.54) is 12.8 Å². The van der Waals surface area contributed by atoms with E-state index in [9.17, 15) is 9.90 Å². The van der Waals surface area contributed by atoms with Gasteiger partial charge in [0, 0.05) is 18.4 Å². The quantitative estimate of drug-likeness (QED) is 0.772. The van der Waals surface area contributed by atoms with Crippen molar-refractivity contribution in [3.8, 4) is 0 Å². The molecule has 3 aliphatic carbocycles. The van der Waals surface area contributed by atoms with Gasteiger partial charge in [-0.05, 0) is 53.9 Å². The van der Waals surface area contributed by atoms with E-state index in [2.05, 4.69) is 33.4 Å². The van der Waals surface area contributed by atoms with Crippen LogP contribution in [0.3, 0.4) is 0 Å². The Morgan fingerprint density at radius 2 is 2.05 bits per heavy atom. The Balaban J connectivity index is 2.04. The number of aliphatic hydroxyl groups is 1. The highest BCUT2D eigenvalue weighted by Crippen LogP contribution is 2.62. The summed E-state index contributed by atoms with van der Waals surface area (Å²) in [6.07, 6.45) is 10.4. The fraction of sp³-hybridized carbons (Fsp3) is 0.750. The number of carbonyl (C=O) groups is 1. The standard InChI is InChI=1S/C20H30O2/c1-5-18(2)10-7-15-14(12-18)16(22)11-17-19(3,13-21)8-6-9-20(15,17)4/h5,12,15,17,21H,1,6-11,13H2,2-4H3/t15-,17-,18-,19-,20+/m0/s1. The van der Waals surface area contributed by atoms with Crippen LogP contribution in [0.2, 0.25) is 0 Å². The number of carbonyl (C=O) groups excluding carboxylic acids is 1. The molecule has 0 aliphatic heterocycles. The molecular formula is C20H30O2. The van der Waals surface area contributed by atoms with Gasteiger partial charge in [-0.15, -0.1) is 6.58 Å². The van der Waals surface area contributed by atoms with Gasteiger partial charge in [-0.1, -0.05) is 39.3 Å². The number of hydrogen-bond donors (Lipinski definition) is 1. The Hall–Kier alpha value is -0.890. The van der Waals surface area contributed by atoms with Crippen molar-refractivity contribution >= 4 is 5.78 Å². The number of fused-ring (bicyclic) bond motifs is 3. The molecule has 0 bridgehead atoms. The average Bonchev–Trinajstić information content (AvgIpc) is 2.50. The normalized spacial score (nSPS) is 48.2. The van der Waals surface area contributed by atoms with Crippen LogP contribution < -0.4 is 0 Å². The van der Waals surface area contributed by atoms with Crippen molar-refractivity contribution in [1.29, 1.82) is 0 Å². The topological polar surface area (TPSA) is 37.3 Å². The van der Waals surface area contributed by atoms with Crippen molar-refractivity contribution < 1.29 is 9.90 Å². The summed E-state index contributed by atoms with van der Waals surface area (Å²) in [5.74, 6) is 1.02. The molecule has 0 aromatic heterocycles. The van der Waals surface area contributed by atoms with Gasteiger partial charge in [0.05, 0.1) is 0 Å². The van der Waals surface area contributed by atoms with Crippen LogP contribution in [0.1, 0.15) is 59.3 Å². The van der Waals surface area contributed by atoms with E-state index in [-0.39, 0.29) is 22.9 Å². The third kappa shape index (κ3) is 2.14. The lowest BCUT2D eigenvalue weighted by Crippen LogP contribution is -2.54. The number of allylic oxidation sites excluding steroid dienone is 3. The lowest BCUT2D eigenvalue weighted by Gasteiger charge is -2.59. The minimum atomic E-state index is -0.0899. The number of ketones is 1. The van der Waals surface area contributed by atoms with Gasteiger partial charge in [0.25, 0.3) is 0 Å². The number of Topliss-reactive ketones (excluding diaryl/α,β-unsaturated/α-hetero) is 1. The molecule has 2 nitrogen and oxygen atoms in total. The Morgan fingerprint density at radius 1 is 1.32 bits per heavy atom. The SMILES string of the molecule is C=C[C@]1(C)C=C2C(=O)C[C@H]3[C@](C)(CO)CCC[C@]3(C)[C@H]2CC1. The van der Waals surface area contributed by atoms with Crippen molar-refractivity contribution in [2.75, 3.05) is 6.61 Å². The molecule has 0 spiro atoms. The molecular weight excluding hydrogens is 272 g/mol. The maximum absolute atomic E-state index is 12.8. The molecule has 122 valence electrons. The van der Waals surface area contributed by atoms with Gasteiger partial charge < -0.3 is 5.11 Å². The molecule has 0 saturated heterocycles. The molecule has 0 amide bonds. The Morgan fingerprint density at radius 3 is 2.68 bits per heavy atom. The summed E-state index contributed by atoms with van der Waals surface area (Å²) in [6, 6.07) is 0. The fourth-order valence-electron chi connectivity index (χ4n) is 5.67. The largest absolute Gasteiger partial charge is 0.396 e. The minimum absolute atomic E-state index is 0.0281. The van der Waals surface area contributed by atoms with E-state index in [1.54, 1.807) is 0 Å². The number of rotatable bonds is 2. The van der Waals surface area contributed by atoms with E-state index in [0.29, 0.717) is 24.0 Å². The van der Waals surface area contributed by atoms with Gasteiger partial charge in [-0.2, -0.15) is 0 Å². The van der Waals surface area contributed by atoms with E-state index >= 15 is 0 Å². The second-order valence-corrected chi connectivity index (χ2v) is 8.75. The summed E-state index contributed by atoms with van der Waals surface area (Å²) in [4.78, 5) is 12.8. The van der Waals surface area contributed by atoms with Crippen LogP contribution in [0, 0.1) is 28.1 Å². The molecule has 2 heteroatoms. The van der Waals surface area contributed by atoms with Crippen LogP contribution in [-0.4, -0.2) is 17.5 Å². The van der Waals surface area contributed by atoms with Crippen LogP contribution in [0.5, 0.6) is 0 Å². The highest BCUT2D eigenvalue weighted by Gasteiger charge is 2.57. The molecule has 3 rings (SSSR count). The summed E-state index contributed by atoms with van der Waals surface area (Å²) in [6.45, 7) is 10.9. The smallest absolute Gasteiger partial charge is 0.159 e. The van der Waals surface area contributed by atoms with Crippen molar-refractivity contribution in [3.63, 3.8) is 0 Å². The van der Waals surface area contributed by atoms with Crippen LogP contribution in [0.4, 0.5) is 0 Å². The molecule has 2 fully saturated rings. The maximum Gasteiger partial charge on any atom is 0.159 e. The fourth-order valence-corrected chi connectivity index (χ4v) is 5.67. The second kappa shape index (κ2) is 5.06. The lowest BCUT2D eigenvalue weighted by atomic mass is 9.45. The average molecular weight is 302 g/mol. The molecule has 3 aliphatic rings. The van der Waals surface area contributed by atoms with Crippen molar-refractivity contribution in [1.82, 2.24) is 0 Å². The van der Waals surface area contributed by atoms with Crippen LogP contribution >= 0.6 is 0 Å². The van der Waals surface area contributed by atoms with Crippen molar-refractivity contribution in [2.24, 2.45) is 28.1 Å². The summed E-state index contributed by atoms with van der Waals surface area (Å²) in [7, 11) is 0. The summed E-state index contributed by atoms with van der Waals surface area (Å²) in [5.41, 5.74) is 1.11. The van der Waals surface area contributed by atoms with Crippen LogP contribution in [0.25, 0.3) is 0 Å². The maximum atomic E-state index is 12.8. The molecule has 2 saturated carbocycles. The zero-order chi connectivity index (χ0) is 16.2. The third-order valence-electron chi connectivity index (χ3n) is 7.27. The highest BCUT2D eigenvalue weighted by atomic mass is 16.3. The summed E-state index contributed by atoms with van der Waals surface area (Å²) in [5, 5.41) is 9.97. The molecule has 0 aromatic carbocycles. The van der Waals surface area contributed by atoms with E-state index < -0.39 is 0 Å². The van der Waals surface area contributed by atoms with Gasteiger partial charge in [0.1, 0.15) is 0 Å². The van der Waals surface area contributed by atoms with E-state index in [0.717, 1.165) is 24.8 Å². The molecule has 22 heavy (non-hydrogen) atoms. The van der Waals surface area contributed by atoms with E-state index in [4.69, 9.17) is 0 Å². The van der Waals surface area contributed by atoms with Crippen LogP contribution in [-0.2, 0) is 4.79 Å². The third-order valence-corrected chi connectivity index (χ3v) is 7.27. The van der Waals surface area contributed by atoms with Gasteiger partial charge in [-0.3, -0.25) is 4.79 Å². The monoisotopic (exact) mass is 302 g/mol. The molecule has 0 radical (unpaired) electrons. The number of aliphatic hydroxyl groups excluding tert-OH is 1. The molecule has 0 aromatic rings. The molecule has 5 atom stereocenters. The first-order valence-electron chi connectivity index (χ1n) is 8.78. The number of hydrogen-bond acceptors (Lipinski definition) is 2. The zero-order valence-electron chi connectivity index (χ0n) is 14.3.